The van der Waals surface area contributed by atoms with Crippen molar-refractivity contribution < 1.29 is 4.74 Å². The van der Waals surface area contributed by atoms with E-state index in [1.54, 1.807) is 12.1 Å². The summed E-state index contributed by atoms with van der Waals surface area (Å²) in [6, 6.07) is 10.9. The molecule has 0 radical (unpaired) electrons. The largest absolute Gasteiger partial charge is 0.457 e. The van der Waals surface area contributed by atoms with Gasteiger partial charge in [-0.1, -0.05) is 23.2 Å². The van der Waals surface area contributed by atoms with Crippen LogP contribution in [-0.4, -0.2) is 0 Å². The second kappa shape index (κ2) is 5.61. The van der Waals surface area contributed by atoms with Gasteiger partial charge in [0.15, 0.2) is 0 Å². The topological polar surface area (TPSA) is 35.2 Å². The number of halogens is 2. The van der Waals surface area contributed by atoms with Gasteiger partial charge in [0.1, 0.15) is 11.5 Å². The SMILES string of the molecule is Cc1cc(Oc2ccc(Cl)cc2CN)ccc1Cl. The Morgan fingerprint density at radius 1 is 1.11 bits per heavy atom. The summed E-state index contributed by atoms with van der Waals surface area (Å²) in [6.45, 7) is 2.31. The molecule has 0 atom stereocenters. The van der Waals surface area contributed by atoms with E-state index in [0.717, 1.165) is 21.9 Å². The maximum absolute atomic E-state index is 5.97. The standard InChI is InChI=1S/C14H13Cl2NO/c1-9-6-12(3-4-13(9)16)18-14-5-2-11(15)7-10(14)8-17/h2-7H,8,17H2,1H3. The van der Waals surface area contributed by atoms with Gasteiger partial charge in [-0.05, 0) is 48.9 Å². The molecule has 2 nitrogen and oxygen atoms in total. The van der Waals surface area contributed by atoms with E-state index in [1.807, 2.05) is 31.2 Å². The number of ether oxygens (including phenoxy) is 1. The van der Waals surface area contributed by atoms with Gasteiger partial charge in [-0.15, -0.1) is 0 Å². The molecular weight excluding hydrogens is 269 g/mol. The van der Waals surface area contributed by atoms with Gasteiger partial charge in [0.25, 0.3) is 0 Å². The Morgan fingerprint density at radius 3 is 2.56 bits per heavy atom. The third-order valence-corrected chi connectivity index (χ3v) is 3.26. The fraction of sp³-hybridized carbons (Fsp3) is 0.143. The van der Waals surface area contributed by atoms with Crippen LogP contribution >= 0.6 is 23.2 Å². The van der Waals surface area contributed by atoms with E-state index < -0.39 is 0 Å². The first-order valence-electron chi connectivity index (χ1n) is 5.52. The van der Waals surface area contributed by atoms with Gasteiger partial charge < -0.3 is 10.5 Å². The first-order valence-corrected chi connectivity index (χ1v) is 6.28. The van der Waals surface area contributed by atoms with Crippen molar-refractivity contribution in [3.8, 4) is 11.5 Å². The van der Waals surface area contributed by atoms with E-state index in [0.29, 0.717) is 17.3 Å². The Labute approximate surface area is 116 Å². The lowest BCUT2D eigenvalue weighted by atomic mass is 10.2. The van der Waals surface area contributed by atoms with E-state index in [4.69, 9.17) is 33.7 Å². The first-order chi connectivity index (χ1) is 8.60. The molecule has 0 bridgehead atoms. The number of hydrogen-bond acceptors (Lipinski definition) is 2. The predicted octanol–water partition coefficient (Wildman–Crippen LogP) is 4.55. The highest BCUT2D eigenvalue weighted by Crippen LogP contribution is 2.29. The van der Waals surface area contributed by atoms with E-state index in [1.165, 1.54) is 0 Å². The van der Waals surface area contributed by atoms with Crippen LogP contribution in [0.3, 0.4) is 0 Å². The normalized spacial score (nSPS) is 10.4. The van der Waals surface area contributed by atoms with Crippen molar-refractivity contribution in [2.24, 2.45) is 5.73 Å². The summed E-state index contributed by atoms with van der Waals surface area (Å²) in [7, 11) is 0. The molecule has 94 valence electrons. The van der Waals surface area contributed by atoms with Crippen molar-refractivity contribution in [1.82, 2.24) is 0 Å². The third-order valence-electron chi connectivity index (χ3n) is 2.60. The number of nitrogens with two attached hydrogens (primary N) is 1. The maximum Gasteiger partial charge on any atom is 0.132 e. The molecule has 0 heterocycles. The molecule has 0 saturated heterocycles. The molecule has 2 rings (SSSR count). The second-order valence-corrected chi connectivity index (χ2v) is 4.81. The summed E-state index contributed by atoms with van der Waals surface area (Å²) in [5, 5.41) is 1.37. The molecular formula is C14H13Cl2NO. The molecule has 4 heteroatoms. The van der Waals surface area contributed by atoms with Gasteiger partial charge in [-0.3, -0.25) is 0 Å². The summed E-state index contributed by atoms with van der Waals surface area (Å²) < 4.78 is 5.79. The van der Waals surface area contributed by atoms with Crippen LogP contribution in [0.15, 0.2) is 36.4 Å². The monoisotopic (exact) mass is 281 g/mol. The van der Waals surface area contributed by atoms with E-state index in [2.05, 4.69) is 0 Å². The average molecular weight is 282 g/mol. The average Bonchev–Trinajstić information content (AvgIpc) is 2.36. The molecule has 18 heavy (non-hydrogen) atoms. The smallest absolute Gasteiger partial charge is 0.132 e. The highest BCUT2D eigenvalue weighted by atomic mass is 35.5. The maximum atomic E-state index is 5.97. The molecule has 2 N–H and O–H groups in total. The Kier molecular flexibility index (Phi) is 4.12. The highest BCUT2D eigenvalue weighted by molar-refractivity contribution is 6.31. The van der Waals surface area contributed by atoms with Crippen molar-refractivity contribution in [2.45, 2.75) is 13.5 Å². The van der Waals surface area contributed by atoms with Gasteiger partial charge in [-0.2, -0.15) is 0 Å². The lowest BCUT2D eigenvalue weighted by Gasteiger charge is -2.11. The number of hydrogen-bond donors (Lipinski definition) is 1. The first kappa shape index (κ1) is 13.2. The molecule has 0 aromatic heterocycles. The van der Waals surface area contributed by atoms with Crippen molar-refractivity contribution >= 4 is 23.2 Å². The minimum atomic E-state index is 0.377. The van der Waals surface area contributed by atoms with Crippen molar-refractivity contribution in [3.05, 3.63) is 57.6 Å². The zero-order valence-corrected chi connectivity index (χ0v) is 11.4. The molecule has 0 aliphatic carbocycles. The predicted molar refractivity (Wildman–Crippen MR) is 75.6 cm³/mol. The Morgan fingerprint density at radius 2 is 1.89 bits per heavy atom. The molecule has 0 spiro atoms. The van der Waals surface area contributed by atoms with Crippen LogP contribution in [-0.2, 0) is 6.54 Å². The summed E-state index contributed by atoms with van der Waals surface area (Å²) in [4.78, 5) is 0. The van der Waals surface area contributed by atoms with Crippen molar-refractivity contribution in [2.75, 3.05) is 0 Å². The van der Waals surface area contributed by atoms with Crippen LogP contribution in [0.4, 0.5) is 0 Å². The molecule has 0 aliphatic heterocycles. The molecule has 0 aliphatic rings. The van der Waals surface area contributed by atoms with Crippen LogP contribution in [0.25, 0.3) is 0 Å². The fourth-order valence-electron chi connectivity index (χ4n) is 1.61. The number of aryl methyl sites for hydroxylation is 1. The third kappa shape index (κ3) is 2.96. The molecule has 2 aromatic rings. The molecule has 0 saturated carbocycles. The summed E-state index contributed by atoms with van der Waals surface area (Å²) >= 11 is 11.9. The minimum absolute atomic E-state index is 0.377. The van der Waals surface area contributed by atoms with Crippen molar-refractivity contribution in [1.29, 1.82) is 0 Å². The van der Waals surface area contributed by atoms with Gasteiger partial charge in [-0.25, -0.2) is 0 Å². The van der Waals surface area contributed by atoms with E-state index >= 15 is 0 Å². The van der Waals surface area contributed by atoms with E-state index in [-0.39, 0.29) is 0 Å². The van der Waals surface area contributed by atoms with Gasteiger partial charge >= 0.3 is 0 Å². The number of rotatable bonds is 3. The zero-order chi connectivity index (χ0) is 13.1. The summed E-state index contributed by atoms with van der Waals surface area (Å²) in [5.41, 5.74) is 7.51. The van der Waals surface area contributed by atoms with Crippen LogP contribution < -0.4 is 10.5 Å². The van der Waals surface area contributed by atoms with Crippen LogP contribution in [0, 0.1) is 6.92 Å². The number of benzene rings is 2. The Bertz CT molecular complexity index is 570. The van der Waals surface area contributed by atoms with Gasteiger partial charge in [0.05, 0.1) is 0 Å². The van der Waals surface area contributed by atoms with Crippen LogP contribution in [0.5, 0.6) is 11.5 Å². The molecule has 0 fully saturated rings. The minimum Gasteiger partial charge on any atom is -0.457 e. The van der Waals surface area contributed by atoms with Crippen LogP contribution in [0.2, 0.25) is 10.0 Å². The van der Waals surface area contributed by atoms with Gasteiger partial charge in [0, 0.05) is 22.2 Å². The fourth-order valence-corrected chi connectivity index (χ4v) is 1.93. The quantitative estimate of drug-likeness (QED) is 0.896. The second-order valence-electron chi connectivity index (χ2n) is 3.97. The van der Waals surface area contributed by atoms with Crippen LogP contribution in [0.1, 0.15) is 11.1 Å². The lowest BCUT2D eigenvalue weighted by Crippen LogP contribution is -1.99. The van der Waals surface area contributed by atoms with Gasteiger partial charge in [0.2, 0.25) is 0 Å². The zero-order valence-electron chi connectivity index (χ0n) is 9.91. The van der Waals surface area contributed by atoms with E-state index in [9.17, 15) is 0 Å². The lowest BCUT2D eigenvalue weighted by molar-refractivity contribution is 0.476. The summed E-state index contributed by atoms with van der Waals surface area (Å²) in [5.74, 6) is 1.44. The Hall–Kier alpha value is -1.22. The highest BCUT2D eigenvalue weighted by Gasteiger charge is 2.05. The summed E-state index contributed by atoms with van der Waals surface area (Å²) in [6.07, 6.45) is 0. The van der Waals surface area contributed by atoms with Crippen molar-refractivity contribution in [3.63, 3.8) is 0 Å². The molecule has 2 aromatic carbocycles. The Balaban J connectivity index is 2.30. The molecule has 0 unspecified atom stereocenters. The molecule has 0 amide bonds.